The van der Waals surface area contributed by atoms with Crippen molar-refractivity contribution in [2.45, 2.75) is 0 Å². The lowest BCUT2D eigenvalue weighted by atomic mass is 10.1. The number of rotatable bonds is 5. The van der Waals surface area contributed by atoms with E-state index in [-0.39, 0.29) is 34.0 Å². The Morgan fingerprint density at radius 3 is 2.44 bits per heavy atom. The largest absolute Gasteiger partial charge is 0.419 e. The van der Waals surface area contributed by atoms with Crippen LogP contribution in [0.3, 0.4) is 0 Å². The zero-order valence-electron chi connectivity index (χ0n) is 17.3. The fraction of sp³-hybridized carbons (Fsp3) is 0.227. The number of oxazole rings is 1. The van der Waals surface area contributed by atoms with Crippen molar-refractivity contribution in [2.24, 2.45) is 5.73 Å². The number of carbonyl (C=O) groups is 2. The summed E-state index contributed by atoms with van der Waals surface area (Å²) >= 11 is 6.07. The highest BCUT2D eigenvalue weighted by atomic mass is 35.5. The summed E-state index contributed by atoms with van der Waals surface area (Å²) in [6.45, 7) is 3.02. The van der Waals surface area contributed by atoms with E-state index in [4.69, 9.17) is 21.8 Å². The normalized spacial score (nSPS) is 14.4. The second kappa shape index (κ2) is 8.97. The maximum atomic E-state index is 14.2. The van der Waals surface area contributed by atoms with Crippen LogP contribution in [0.1, 0.15) is 20.8 Å². The predicted octanol–water partition coefficient (Wildman–Crippen LogP) is 3.36. The van der Waals surface area contributed by atoms with E-state index < -0.39 is 11.7 Å². The molecule has 32 heavy (non-hydrogen) atoms. The Hall–Kier alpha value is -3.43. The van der Waals surface area contributed by atoms with E-state index in [1.54, 1.807) is 24.3 Å². The molecular weight excluding hydrogens is 437 g/mol. The van der Waals surface area contributed by atoms with Crippen LogP contribution >= 0.6 is 11.6 Å². The van der Waals surface area contributed by atoms with Crippen LogP contribution in [0.2, 0.25) is 5.02 Å². The molecule has 1 saturated heterocycles. The van der Waals surface area contributed by atoms with Crippen molar-refractivity contribution in [1.29, 1.82) is 0 Å². The van der Waals surface area contributed by atoms with E-state index in [9.17, 15) is 14.0 Å². The maximum absolute atomic E-state index is 14.2. The van der Waals surface area contributed by atoms with Gasteiger partial charge in [0.05, 0.1) is 10.6 Å². The molecule has 166 valence electrons. The number of nitrogens with two attached hydrogens (primary N) is 1. The number of hydrogen-bond acceptors (Lipinski definition) is 6. The average molecular weight is 458 g/mol. The number of nitrogens with one attached hydrogen (secondary N) is 1. The van der Waals surface area contributed by atoms with Crippen molar-refractivity contribution < 1.29 is 18.4 Å². The van der Waals surface area contributed by atoms with Gasteiger partial charge in [0, 0.05) is 37.4 Å². The molecule has 1 aromatic heterocycles. The second-order valence-corrected chi connectivity index (χ2v) is 7.86. The number of benzene rings is 2. The zero-order chi connectivity index (χ0) is 22.8. The van der Waals surface area contributed by atoms with Crippen molar-refractivity contribution in [3.8, 4) is 11.5 Å². The summed E-state index contributed by atoms with van der Waals surface area (Å²) in [6.07, 6.45) is 0. The van der Waals surface area contributed by atoms with Gasteiger partial charge in [0.25, 0.3) is 11.8 Å². The van der Waals surface area contributed by atoms with Gasteiger partial charge in [-0.3, -0.25) is 9.59 Å². The number of likely N-dealkylation sites (N-methyl/N-ethyl adjacent to an activating group) is 1. The van der Waals surface area contributed by atoms with Crippen molar-refractivity contribution in [3.63, 3.8) is 0 Å². The molecule has 0 bridgehead atoms. The number of nitrogens with zero attached hydrogens (tertiary/aromatic N) is 3. The molecule has 1 aliphatic heterocycles. The summed E-state index contributed by atoms with van der Waals surface area (Å²) in [5.74, 6) is -1.76. The molecule has 3 aromatic rings. The molecule has 2 heterocycles. The highest BCUT2D eigenvalue weighted by Crippen LogP contribution is 2.34. The predicted molar refractivity (Wildman–Crippen MR) is 119 cm³/mol. The number of primary amides is 1. The lowest BCUT2D eigenvalue weighted by molar-refractivity contribution is 0.0664. The quantitative estimate of drug-likeness (QED) is 0.608. The SMILES string of the molecule is CN1CCN(C(=O)c2ccc(Nc3oc(-c4c(F)cccc4Cl)nc3C(N)=O)cc2)CC1. The molecule has 0 unspecified atom stereocenters. The van der Waals surface area contributed by atoms with Gasteiger partial charge in [0.1, 0.15) is 5.82 Å². The van der Waals surface area contributed by atoms with Gasteiger partial charge in [0.2, 0.25) is 11.8 Å². The van der Waals surface area contributed by atoms with Gasteiger partial charge < -0.3 is 25.3 Å². The summed E-state index contributed by atoms with van der Waals surface area (Å²) in [4.78, 5) is 32.5. The molecule has 1 fully saturated rings. The van der Waals surface area contributed by atoms with Gasteiger partial charge in [-0.05, 0) is 43.4 Å². The van der Waals surface area contributed by atoms with Crippen molar-refractivity contribution >= 4 is 35.0 Å². The summed E-state index contributed by atoms with van der Waals surface area (Å²) < 4.78 is 19.8. The lowest BCUT2D eigenvalue weighted by Gasteiger charge is -2.32. The maximum Gasteiger partial charge on any atom is 0.273 e. The Morgan fingerprint density at radius 2 is 1.81 bits per heavy atom. The minimum atomic E-state index is -0.850. The molecule has 1 aliphatic rings. The van der Waals surface area contributed by atoms with Gasteiger partial charge in [-0.15, -0.1) is 0 Å². The van der Waals surface area contributed by atoms with E-state index in [1.165, 1.54) is 18.2 Å². The monoisotopic (exact) mass is 457 g/mol. The van der Waals surface area contributed by atoms with E-state index in [0.717, 1.165) is 13.1 Å². The molecule has 0 radical (unpaired) electrons. The van der Waals surface area contributed by atoms with Gasteiger partial charge in [-0.1, -0.05) is 17.7 Å². The van der Waals surface area contributed by atoms with Crippen LogP contribution in [0, 0.1) is 5.82 Å². The molecule has 0 aliphatic carbocycles. The summed E-state index contributed by atoms with van der Waals surface area (Å²) in [6, 6.07) is 10.8. The summed E-state index contributed by atoms with van der Waals surface area (Å²) in [5.41, 5.74) is 6.22. The molecule has 0 atom stereocenters. The first-order valence-electron chi connectivity index (χ1n) is 9.93. The van der Waals surface area contributed by atoms with Crippen molar-refractivity contribution in [1.82, 2.24) is 14.8 Å². The number of hydrogen-bond donors (Lipinski definition) is 2. The first kappa shape index (κ1) is 21.8. The summed E-state index contributed by atoms with van der Waals surface area (Å²) in [5, 5.41) is 2.99. The highest BCUT2D eigenvalue weighted by Gasteiger charge is 2.23. The van der Waals surface area contributed by atoms with E-state index in [0.29, 0.717) is 24.3 Å². The van der Waals surface area contributed by atoms with Crippen LogP contribution in [-0.2, 0) is 0 Å². The van der Waals surface area contributed by atoms with Crippen LogP contribution in [0.5, 0.6) is 0 Å². The highest BCUT2D eigenvalue weighted by molar-refractivity contribution is 6.33. The van der Waals surface area contributed by atoms with Gasteiger partial charge >= 0.3 is 0 Å². The molecule has 2 amide bonds. The third-order valence-electron chi connectivity index (χ3n) is 5.22. The Kier molecular flexibility index (Phi) is 6.11. The average Bonchev–Trinajstić information content (AvgIpc) is 3.18. The molecule has 10 heteroatoms. The van der Waals surface area contributed by atoms with Crippen LogP contribution in [0.4, 0.5) is 16.0 Å². The second-order valence-electron chi connectivity index (χ2n) is 7.46. The number of aromatic nitrogens is 1. The fourth-order valence-corrected chi connectivity index (χ4v) is 3.64. The van der Waals surface area contributed by atoms with Crippen LogP contribution < -0.4 is 11.1 Å². The van der Waals surface area contributed by atoms with E-state index >= 15 is 0 Å². The summed E-state index contributed by atoms with van der Waals surface area (Å²) in [7, 11) is 2.03. The minimum absolute atomic E-state index is 0.0429. The van der Waals surface area contributed by atoms with Crippen molar-refractivity contribution in [2.75, 3.05) is 38.5 Å². The molecule has 4 rings (SSSR count). The molecule has 3 N–H and O–H groups in total. The fourth-order valence-electron chi connectivity index (χ4n) is 3.40. The Labute approximate surface area is 188 Å². The third kappa shape index (κ3) is 4.44. The van der Waals surface area contributed by atoms with E-state index in [2.05, 4.69) is 15.2 Å². The Bertz CT molecular complexity index is 1140. The number of halogens is 2. The van der Waals surface area contributed by atoms with Gasteiger partial charge in [0.15, 0.2) is 5.69 Å². The number of carbonyl (C=O) groups excluding carboxylic acids is 2. The Morgan fingerprint density at radius 1 is 1.12 bits per heavy atom. The van der Waals surface area contributed by atoms with E-state index in [1.807, 2.05) is 11.9 Å². The topological polar surface area (TPSA) is 105 Å². The van der Waals surface area contributed by atoms with Gasteiger partial charge in [-0.2, -0.15) is 0 Å². The smallest absolute Gasteiger partial charge is 0.273 e. The molecule has 8 nitrogen and oxygen atoms in total. The minimum Gasteiger partial charge on any atom is -0.419 e. The van der Waals surface area contributed by atoms with Gasteiger partial charge in [-0.25, -0.2) is 9.37 Å². The zero-order valence-corrected chi connectivity index (χ0v) is 18.0. The molecule has 0 saturated carbocycles. The first-order valence-corrected chi connectivity index (χ1v) is 10.3. The standard InChI is InChI=1S/C22H21ClFN5O3/c1-28-9-11-29(12-10-28)22(31)13-5-7-14(8-6-13)26-21-18(19(25)30)27-20(32-21)17-15(23)3-2-4-16(17)24/h2-8,26H,9-12H2,1H3,(H2,25,30). The van der Waals surface area contributed by atoms with Crippen LogP contribution in [-0.4, -0.2) is 59.8 Å². The third-order valence-corrected chi connectivity index (χ3v) is 5.53. The van der Waals surface area contributed by atoms with Crippen molar-refractivity contribution in [3.05, 3.63) is 64.6 Å². The van der Waals surface area contributed by atoms with Crippen LogP contribution in [0.25, 0.3) is 11.5 Å². The molecular formula is C22H21ClFN5O3. The first-order chi connectivity index (χ1) is 15.3. The Balaban J connectivity index is 1.56. The molecule has 2 aromatic carbocycles. The number of amides is 2. The number of anilines is 2. The van der Waals surface area contributed by atoms with Crippen LogP contribution in [0.15, 0.2) is 46.9 Å². The molecule has 0 spiro atoms. The number of piperazine rings is 1. The lowest BCUT2D eigenvalue weighted by Crippen LogP contribution is -2.47.